The molecule has 2 aliphatic heterocycles. The molecule has 2 aliphatic rings. The van der Waals surface area contributed by atoms with Crippen LogP contribution in [-0.4, -0.2) is 34.8 Å². The largest absolute Gasteiger partial charge is 0.372 e. The fraction of sp³-hybridized carbons (Fsp3) is 0.611. The lowest BCUT2D eigenvalue weighted by Gasteiger charge is -2.31. The molecule has 0 spiro atoms. The first-order chi connectivity index (χ1) is 11.7. The SMILES string of the molecule is Cc1cc(-c2cnc(N3CCCC(C)C3)nc2[C@@H]2CCCO2)on1. The lowest BCUT2D eigenvalue weighted by molar-refractivity contribution is 0.109. The number of hydrogen-bond donors (Lipinski definition) is 0. The molecule has 0 bridgehead atoms. The van der Waals surface area contributed by atoms with Gasteiger partial charge in [0.2, 0.25) is 5.95 Å². The number of rotatable bonds is 3. The average molecular weight is 328 g/mol. The summed E-state index contributed by atoms with van der Waals surface area (Å²) in [4.78, 5) is 11.8. The van der Waals surface area contributed by atoms with Crippen molar-refractivity contribution < 1.29 is 9.26 Å². The maximum absolute atomic E-state index is 5.90. The summed E-state index contributed by atoms with van der Waals surface area (Å²) in [5.74, 6) is 2.22. The van der Waals surface area contributed by atoms with Gasteiger partial charge in [0.15, 0.2) is 5.76 Å². The van der Waals surface area contributed by atoms with E-state index in [0.29, 0.717) is 5.92 Å². The van der Waals surface area contributed by atoms with Gasteiger partial charge in [-0.3, -0.25) is 0 Å². The normalized spacial score (nSPS) is 24.5. The maximum atomic E-state index is 5.90. The number of piperidine rings is 1. The van der Waals surface area contributed by atoms with Crippen molar-refractivity contribution in [2.24, 2.45) is 5.92 Å². The fourth-order valence-electron chi connectivity index (χ4n) is 3.63. The molecule has 6 heteroatoms. The van der Waals surface area contributed by atoms with Crippen LogP contribution in [0.5, 0.6) is 0 Å². The highest BCUT2D eigenvalue weighted by Gasteiger charge is 2.27. The van der Waals surface area contributed by atoms with E-state index in [4.69, 9.17) is 14.2 Å². The molecule has 4 rings (SSSR count). The van der Waals surface area contributed by atoms with Crippen molar-refractivity contribution in [3.8, 4) is 11.3 Å². The second-order valence-electron chi connectivity index (χ2n) is 7.00. The third-order valence-electron chi connectivity index (χ3n) is 4.87. The Morgan fingerprint density at radius 1 is 1.25 bits per heavy atom. The van der Waals surface area contributed by atoms with E-state index in [0.717, 1.165) is 61.2 Å². The molecule has 2 saturated heterocycles. The molecular weight excluding hydrogens is 304 g/mol. The van der Waals surface area contributed by atoms with Gasteiger partial charge in [-0.1, -0.05) is 12.1 Å². The van der Waals surface area contributed by atoms with E-state index in [1.165, 1.54) is 12.8 Å². The molecule has 0 saturated carbocycles. The number of anilines is 1. The predicted molar refractivity (Wildman–Crippen MR) is 90.8 cm³/mol. The smallest absolute Gasteiger partial charge is 0.225 e. The van der Waals surface area contributed by atoms with Crippen molar-refractivity contribution in [1.82, 2.24) is 15.1 Å². The first-order valence-corrected chi connectivity index (χ1v) is 8.88. The van der Waals surface area contributed by atoms with E-state index in [1.807, 2.05) is 19.2 Å². The van der Waals surface area contributed by atoms with E-state index in [9.17, 15) is 0 Å². The van der Waals surface area contributed by atoms with Gasteiger partial charge in [-0.05, 0) is 38.5 Å². The Morgan fingerprint density at radius 3 is 2.88 bits per heavy atom. The van der Waals surface area contributed by atoms with Crippen molar-refractivity contribution >= 4 is 5.95 Å². The van der Waals surface area contributed by atoms with Gasteiger partial charge >= 0.3 is 0 Å². The average Bonchev–Trinajstić information content (AvgIpc) is 3.26. The summed E-state index contributed by atoms with van der Waals surface area (Å²) < 4.78 is 11.4. The second-order valence-corrected chi connectivity index (χ2v) is 7.00. The van der Waals surface area contributed by atoms with Crippen molar-refractivity contribution in [1.29, 1.82) is 0 Å². The third-order valence-corrected chi connectivity index (χ3v) is 4.87. The van der Waals surface area contributed by atoms with E-state index in [1.54, 1.807) is 0 Å². The zero-order valence-electron chi connectivity index (χ0n) is 14.4. The van der Waals surface area contributed by atoms with Gasteiger partial charge in [-0.2, -0.15) is 0 Å². The molecule has 1 unspecified atom stereocenters. The Kier molecular flexibility index (Phi) is 4.22. The molecule has 0 aliphatic carbocycles. The highest BCUT2D eigenvalue weighted by atomic mass is 16.5. The minimum atomic E-state index is 0.0226. The van der Waals surface area contributed by atoms with Gasteiger partial charge in [0.1, 0.15) is 6.10 Å². The molecule has 0 radical (unpaired) electrons. The van der Waals surface area contributed by atoms with Crippen molar-refractivity contribution in [3.05, 3.63) is 23.7 Å². The van der Waals surface area contributed by atoms with E-state index < -0.39 is 0 Å². The second kappa shape index (κ2) is 6.51. The monoisotopic (exact) mass is 328 g/mol. The first kappa shape index (κ1) is 15.6. The molecule has 6 nitrogen and oxygen atoms in total. The number of aryl methyl sites for hydroxylation is 1. The van der Waals surface area contributed by atoms with Crippen LogP contribution in [0.25, 0.3) is 11.3 Å². The quantitative estimate of drug-likeness (QED) is 0.859. The summed E-state index contributed by atoms with van der Waals surface area (Å²) in [7, 11) is 0. The summed E-state index contributed by atoms with van der Waals surface area (Å²) in [6, 6.07) is 1.93. The van der Waals surface area contributed by atoms with Gasteiger partial charge in [0.05, 0.1) is 17.0 Å². The van der Waals surface area contributed by atoms with Crippen LogP contribution in [0.2, 0.25) is 0 Å². The molecule has 0 N–H and O–H groups in total. The van der Waals surface area contributed by atoms with Crippen LogP contribution in [-0.2, 0) is 4.74 Å². The van der Waals surface area contributed by atoms with Crippen LogP contribution in [0.1, 0.15) is 50.1 Å². The molecule has 2 aromatic rings. The van der Waals surface area contributed by atoms with Crippen LogP contribution in [0.3, 0.4) is 0 Å². The Balaban J connectivity index is 1.71. The van der Waals surface area contributed by atoms with E-state index >= 15 is 0 Å². The van der Waals surface area contributed by atoms with Gasteiger partial charge in [0.25, 0.3) is 0 Å². The topological polar surface area (TPSA) is 64.3 Å². The fourth-order valence-corrected chi connectivity index (χ4v) is 3.63. The van der Waals surface area contributed by atoms with Crippen molar-refractivity contribution in [3.63, 3.8) is 0 Å². The van der Waals surface area contributed by atoms with E-state index in [-0.39, 0.29) is 6.10 Å². The van der Waals surface area contributed by atoms with Gasteiger partial charge in [-0.25, -0.2) is 9.97 Å². The molecule has 2 aromatic heterocycles. The minimum absolute atomic E-state index is 0.0226. The highest BCUT2D eigenvalue weighted by molar-refractivity contribution is 5.61. The Bertz CT molecular complexity index is 709. The molecular formula is C18H24N4O2. The zero-order valence-corrected chi connectivity index (χ0v) is 14.4. The van der Waals surface area contributed by atoms with Crippen LogP contribution < -0.4 is 4.90 Å². The van der Waals surface area contributed by atoms with Gasteiger partial charge in [-0.15, -0.1) is 0 Å². The molecule has 128 valence electrons. The number of aromatic nitrogens is 3. The van der Waals surface area contributed by atoms with Crippen LogP contribution in [0.15, 0.2) is 16.8 Å². The summed E-state index contributed by atoms with van der Waals surface area (Å²) >= 11 is 0. The Labute approximate surface area is 142 Å². The lowest BCUT2D eigenvalue weighted by atomic mass is 10.0. The van der Waals surface area contributed by atoms with Gasteiger partial charge < -0.3 is 14.2 Å². The summed E-state index contributed by atoms with van der Waals surface area (Å²) in [6.07, 6.45) is 6.44. The molecule has 24 heavy (non-hydrogen) atoms. The lowest BCUT2D eigenvalue weighted by Crippen LogP contribution is -2.35. The van der Waals surface area contributed by atoms with Crippen molar-refractivity contribution in [2.75, 3.05) is 24.6 Å². The third kappa shape index (κ3) is 3.02. The molecule has 2 fully saturated rings. The standard InChI is InChI=1S/C18H24N4O2/c1-12-5-3-7-22(11-12)18-19-10-14(16-9-13(2)21-24-16)17(20-18)15-6-4-8-23-15/h9-10,12,15H,3-8,11H2,1-2H3/t12?,15-/m0/s1. The minimum Gasteiger partial charge on any atom is -0.372 e. The van der Waals surface area contributed by atoms with Crippen LogP contribution in [0, 0.1) is 12.8 Å². The number of ether oxygens (including phenoxy) is 1. The van der Waals surface area contributed by atoms with Gasteiger partial charge in [0, 0.05) is 32.0 Å². The Morgan fingerprint density at radius 2 is 2.17 bits per heavy atom. The summed E-state index contributed by atoms with van der Waals surface area (Å²) in [5.41, 5.74) is 2.69. The Hall–Kier alpha value is -1.95. The maximum Gasteiger partial charge on any atom is 0.225 e. The number of hydrogen-bond acceptors (Lipinski definition) is 6. The highest BCUT2D eigenvalue weighted by Crippen LogP contribution is 2.35. The molecule has 0 amide bonds. The van der Waals surface area contributed by atoms with Crippen LogP contribution in [0.4, 0.5) is 5.95 Å². The molecule has 0 aromatic carbocycles. The summed E-state index contributed by atoms with van der Waals surface area (Å²) in [5, 5.41) is 4.00. The predicted octanol–water partition coefficient (Wildman–Crippen LogP) is 3.53. The zero-order chi connectivity index (χ0) is 16.5. The first-order valence-electron chi connectivity index (χ1n) is 8.88. The van der Waals surface area contributed by atoms with Crippen molar-refractivity contribution in [2.45, 2.75) is 45.6 Å². The van der Waals surface area contributed by atoms with E-state index in [2.05, 4.69) is 22.0 Å². The summed E-state index contributed by atoms with van der Waals surface area (Å²) in [6.45, 7) is 7.04. The molecule has 2 atom stereocenters. The molecule has 4 heterocycles. The van der Waals surface area contributed by atoms with Crippen LogP contribution >= 0.6 is 0 Å². The number of nitrogens with zero attached hydrogens (tertiary/aromatic N) is 4.